The quantitative estimate of drug-likeness (QED) is 0.392. The highest BCUT2D eigenvalue weighted by molar-refractivity contribution is 7.98. The molecule has 1 aromatic heterocycles. The molecular weight excluding hydrogens is 587 g/mol. The molecule has 220 valence electrons. The van der Waals surface area contributed by atoms with Crippen LogP contribution in [-0.2, 0) is 15.3 Å². The summed E-state index contributed by atoms with van der Waals surface area (Å²) in [5.41, 5.74) is 1.83. The molecule has 3 aromatic rings. The molecule has 1 atom stereocenters. The highest BCUT2D eigenvalue weighted by Gasteiger charge is 2.37. The highest BCUT2D eigenvalue weighted by Crippen LogP contribution is 2.36. The number of likely N-dealkylation sites (tertiary alicyclic amines) is 1. The molecule has 2 aromatic carbocycles. The third-order valence-corrected chi connectivity index (χ3v) is 8.99. The number of aromatic carboxylic acids is 1. The lowest BCUT2D eigenvalue weighted by molar-refractivity contribution is -0.131. The Labute approximate surface area is 250 Å². The molecular formula is C29H28ClFN4O6S. The van der Waals surface area contributed by atoms with Gasteiger partial charge in [0, 0.05) is 43.3 Å². The molecule has 0 radical (unpaired) electrons. The average molecular weight is 615 g/mol. The summed E-state index contributed by atoms with van der Waals surface area (Å²) >= 11 is 7.66. The predicted molar refractivity (Wildman–Crippen MR) is 153 cm³/mol. The summed E-state index contributed by atoms with van der Waals surface area (Å²) in [6.45, 7) is 3.54. The van der Waals surface area contributed by atoms with Crippen molar-refractivity contribution in [3.8, 4) is 0 Å². The van der Waals surface area contributed by atoms with E-state index in [0.29, 0.717) is 54.8 Å². The largest absolute Gasteiger partial charge is 0.478 e. The van der Waals surface area contributed by atoms with Gasteiger partial charge in [-0.2, -0.15) is 9.78 Å². The fourth-order valence-electron chi connectivity index (χ4n) is 5.08. The SMILES string of the molecule is Cc1c(C2CCC(=O)N(C(=O)N3CCOCC3)C2)nn(C(=O)c2cccc(C(=O)O)c2Cl)c1SCc1ccc(F)cc1. The number of aromatic nitrogens is 2. The van der Waals surface area contributed by atoms with Gasteiger partial charge in [0.25, 0.3) is 5.91 Å². The number of morpholine rings is 1. The Kier molecular flexibility index (Phi) is 8.95. The Morgan fingerprint density at radius 3 is 2.50 bits per heavy atom. The van der Waals surface area contributed by atoms with Crippen LogP contribution in [0.25, 0.3) is 0 Å². The molecule has 5 rings (SSSR count). The number of hydrogen-bond acceptors (Lipinski definition) is 7. The van der Waals surface area contributed by atoms with Gasteiger partial charge in [0.05, 0.1) is 35.1 Å². The number of benzene rings is 2. The molecule has 1 unspecified atom stereocenters. The number of carboxylic acid groups (broad SMARTS) is 1. The Morgan fingerprint density at radius 1 is 1.12 bits per heavy atom. The molecule has 3 amide bonds. The molecule has 2 fully saturated rings. The van der Waals surface area contributed by atoms with E-state index in [1.165, 1.54) is 51.7 Å². The molecule has 0 aliphatic carbocycles. The van der Waals surface area contributed by atoms with E-state index in [1.807, 2.05) is 6.92 Å². The van der Waals surface area contributed by atoms with Gasteiger partial charge in [-0.25, -0.2) is 14.0 Å². The summed E-state index contributed by atoms with van der Waals surface area (Å²) in [7, 11) is 0. The van der Waals surface area contributed by atoms with Crippen molar-refractivity contribution in [2.24, 2.45) is 0 Å². The summed E-state index contributed by atoms with van der Waals surface area (Å²) in [6.07, 6.45) is 0.584. The number of ether oxygens (including phenoxy) is 1. The van der Waals surface area contributed by atoms with Crippen LogP contribution in [0, 0.1) is 12.7 Å². The van der Waals surface area contributed by atoms with Crippen LogP contribution >= 0.6 is 23.4 Å². The highest BCUT2D eigenvalue weighted by atomic mass is 35.5. The van der Waals surface area contributed by atoms with Crippen LogP contribution in [0.5, 0.6) is 0 Å². The molecule has 10 nitrogen and oxygen atoms in total. The van der Waals surface area contributed by atoms with Gasteiger partial charge >= 0.3 is 12.0 Å². The second-order valence-corrected chi connectivity index (χ2v) is 11.4. The fourth-order valence-corrected chi connectivity index (χ4v) is 6.43. The number of amides is 3. The maximum absolute atomic E-state index is 13.8. The minimum Gasteiger partial charge on any atom is -0.478 e. The lowest BCUT2D eigenvalue weighted by Gasteiger charge is -2.36. The van der Waals surface area contributed by atoms with Crippen LogP contribution in [0.15, 0.2) is 47.5 Å². The third-order valence-electron chi connectivity index (χ3n) is 7.36. The number of carbonyl (C=O) groups excluding carboxylic acids is 3. The maximum Gasteiger partial charge on any atom is 0.337 e. The van der Waals surface area contributed by atoms with E-state index in [4.69, 9.17) is 16.3 Å². The Bertz CT molecular complexity index is 1540. The smallest absolute Gasteiger partial charge is 0.337 e. The normalized spacial score (nSPS) is 17.4. The second kappa shape index (κ2) is 12.6. The Morgan fingerprint density at radius 2 is 1.81 bits per heavy atom. The van der Waals surface area contributed by atoms with Crippen molar-refractivity contribution in [3.63, 3.8) is 0 Å². The Balaban J connectivity index is 1.49. The average Bonchev–Trinajstić information content (AvgIpc) is 3.32. The van der Waals surface area contributed by atoms with Gasteiger partial charge in [-0.05, 0) is 43.2 Å². The minimum atomic E-state index is -1.27. The zero-order valence-electron chi connectivity index (χ0n) is 22.7. The lowest BCUT2D eigenvalue weighted by atomic mass is 9.92. The zero-order valence-corrected chi connectivity index (χ0v) is 24.3. The van der Waals surface area contributed by atoms with Crippen LogP contribution < -0.4 is 0 Å². The molecule has 13 heteroatoms. The Hall–Kier alpha value is -3.74. The van der Waals surface area contributed by atoms with E-state index < -0.39 is 11.9 Å². The molecule has 0 bridgehead atoms. The van der Waals surface area contributed by atoms with Gasteiger partial charge in [-0.3, -0.25) is 14.5 Å². The van der Waals surface area contributed by atoms with Crippen molar-refractivity contribution in [3.05, 3.63) is 81.3 Å². The van der Waals surface area contributed by atoms with E-state index in [9.17, 15) is 28.7 Å². The standard InChI is InChI=1S/C29H28ClFN4O6S/c1-17-25(19-7-10-23(36)34(15-19)29(40)33-11-13-41-14-12-33)32-35(27(17)42-16-18-5-8-20(31)9-6-18)26(37)21-3-2-4-22(24(21)30)28(38)39/h2-6,8-9,19H,7,10-16H2,1H3,(H,38,39). The summed E-state index contributed by atoms with van der Waals surface area (Å²) in [5, 5.41) is 14.5. The summed E-state index contributed by atoms with van der Waals surface area (Å²) in [5.74, 6) is -2.44. The second-order valence-electron chi connectivity index (χ2n) is 10.0. The summed E-state index contributed by atoms with van der Waals surface area (Å²) < 4.78 is 20.0. The first-order valence-electron chi connectivity index (χ1n) is 13.4. The van der Waals surface area contributed by atoms with Gasteiger partial charge in [-0.1, -0.05) is 29.8 Å². The van der Waals surface area contributed by atoms with Crippen LogP contribution in [0.3, 0.4) is 0 Å². The van der Waals surface area contributed by atoms with Gasteiger partial charge in [0.2, 0.25) is 5.91 Å². The number of carbonyl (C=O) groups is 4. The first-order valence-corrected chi connectivity index (χ1v) is 14.7. The minimum absolute atomic E-state index is 0.0304. The molecule has 2 aliphatic heterocycles. The maximum atomic E-state index is 13.8. The number of piperidine rings is 1. The van der Waals surface area contributed by atoms with Crippen molar-refractivity contribution in [2.75, 3.05) is 32.8 Å². The van der Waals surface area contributed by atoms with E-state index in [1.54, 1.807) is 17.0 Å². The van der Waals surface area contributed by atoms with Gasteiger partial charge < -0.3 is 14.7 Å². The number of rotatable bonds is 6. The van der Waals surface area contributed by atoms with Gasteiger partial charge in [0.15, 0.2) is 0 Å². The number of nitrogens with zero attached hydrogens (tertiary/aromatic N) is 4. The zero-order chi connectivity index (χ0) is 30.0. The molecule has 3 heterocycles. The predicted octanol–water partition coefficient (Wildman–Crippen LogP) is 4.82. The summed E-state index contributed by atoms with van der Waals surface area (Å²) in [6, 6.07) is 9.82. The monoisotopic (exact) mass is 614 g/mol. The first kappa shape index (κ1) is 29.7. The molecule has 0 saturated carbocycles. The number of halogens is 2. The molecule has 1 N–H and O–H groups in total. The van der Waals surface area contributed by atoms with E-state index in [0.717, 1.165) is 5.56 Å². The van der Waals surface area contributed by atoms with Crippen molar-refractivity contribution in [1.29, 1.82) is 0 Å². The third kappa shape index (κ3) is 6.06. The topological polar surface area (TPSA) is 122 Å². The number of hydrogen-bond donors (Lipinski definition) is 1. The van der Waals surface area contributed by atoms with Crippen molar-refractivity contribution in [2.45, 2.75) is 36.5 Å². The van der Waals surface area contributed by atoms with Gasteiger partial charge in [0.1, 0.15) is 10.8 Å². The molecule has 2 aliphatic rings. The summed E-state index contributed by atoms with van der Waals surface area (Å²) in [4.78, 5) is 54.3. The number of imide groups is 1. The first-order chi connectivity index (χ1) is 20.2. The van der Waals surface area contributed by atoms with E-state index in [-0.39, 0.29) is 52.8 Å². The van der Waals surface area contributed by atoms with Crippen LogP contribution in [0.4, 0.5) is 9.18 Å². The molecule has 2 saturated heterocycles. The van der Waals surface area contributed by atoms with Crippen molar-refractivity contribution >= 4 is 47.2 Å². The molecule has 0 spiro atoms. The van der Waals surface area contributed by atoms with Crippen LogP contribution in [-0.4, -0.2) is 81.3 Å². The number of thioether (sulfide) groups is 1. The number of carboxylic acids is 1. The van der Waals surface area contributed by atoms with Crippen LogP contribution in [0.2, 0.25) is 5.02 Å². The van der Waals surface area contributed by atoms with Crippen LogP contribution in [0.1, 0.15) is 56.3 Å². The lowest BCUT2D eigenvalue weighted by Crippen LogP contribution is -2.52. The fraction of sp³-hybridized carbons (Fsp3) is 0.345. The number of urea groups is 1. The van der Waals surface area contributed by atoms with Crippen molar-refractivity contribution < 1.29 is 33.4 Å². The molecule has 42 heavy (non-hydrogen) atoms. The van der Waals surface area contributed by atoms with Crippen molar-refractivity contribution in [1.82, 2.24) is 19.6 Å². The van der Waals surface area contributed by atoms with Gasteiger partial charge in [-0.15, -0.1) is 11.8 Å². The van der Waals surface area contributed by atoms with E-state index in [2.05, 4.69) is 5.10 Å². The van der Waals surface area contributed by atoms with E-state index >= 15 is 0 Å².